The number of amides is 1. The third kappa shape index (κ3) is 4.07. The van der Waals surface area contributed by atoms with E-state index < -0.39 is 6.09 Å². The number of phenols is 1. The van der Waals surface area contributed by atoms with Crippen LogP contribution in [0.25, 0.3) is 10.2 Å². The summed E-state index contributed by atoms with van der Waals surface area (Å²) in [6, 6.07) is 5.01. The van der Waals surface area contributed by atoms with Crippen molar-refractivity contribution in [1.29, 1.82) is 0 Å². The standard InChI is InChI=1S/C16H21N3O4S/c1-10(17-16(21)22)9-23-12-4-6-19(7-5-12)15-18-13-3-2-11(20)8-14(13)24-15/h2-3,8,10,12,17,20H,4-7,9H2,1H3,(H,21,22)/t10-/m0/s1. The Kier molecular flexibility index (Phi) is 5.06. The number of anilines is 1. The molecule has 0 saturated carbocycles. The van der Waals surface area contributed by atoms with Crippen molar-refractivity contribution < 1.29 is 19.7 Å². The summed E-state index contributed by atoms with van der Waals surface area (Å²) in [4.78, 5) is 17.4. The van der Waals surface area contributed by atoms with E-state index in [4.69, 9.17) is 9.84 Å². The van der Waals surface area contributed by atoms with Gasteiger partial charge in [0.1, 0.15) is 5.75 Å². The Hall–Kier alpha value is -2.06. The van der Waals surface area contributed by atoms with E-state index in [1.165, 1.54) is 0 Å². The van der Waals surface area contributed by atoms with Crippen LogP contribution < -0.4 is 10.2 Å². The van der Waals surface area contributed by atoms with Crippen LogP contribution in [0.4, 0.5) is 9.93 Å². The van der Waals surface area contributed by atoms with Crippen LogP contribution in [0.2, 0.25) is 0 Å². The molecular weight excluding hydrogens is 330 g/mol. The van der Waals surface area contributed by atoms with Gasteiger partial charge in [0.25, 0.3) is 0 Å². The lowest BCUT2D eigenvalue weighted by atomic mass is 10.1. The van der Waals surface area contributed by atoms with Crippen molar-refractivity contribution in [2.24, 2.45) is 0 Å². The lowest BCUT2D eigenvalue weighted by Crippen LogP contribution is -2.40. The maximum absolute atomic E-state index is 10.6. The van der Waals surface area contributed by atoms with Gasteiger partial charge in [-0.3, -0.25) is 0 Å². The molecule has 0 bridgehead atoms. The number of hydrogen-bond acceptors (Lipinski definition) is 6. The monoisotopic (exact) mass is 351 g/mol. The minimum Gasteiger partial charge on any atom is -0.508 e. The maximum Gasteiger partial charge on any atom is 0.404 e. The average molecular weight is 351 g/mol. The van der Waals surface area contributed by atoms with Gasteiger partial charge in [-0.2, -0.15) is 0 Å². The first-order chi connectivity index (χ1) is 11.5. The fourth-order valence-electron chi connectivity index (χ4n) is 2.78. The molecule has 0 aliphatic carbocycles. The molecule has 1 saturated heterocycles. The highest BCUT2D eigenvalue weighted by atomic mass is 32.1. The fraction of sp³-hybridized carbons (Fsp3) is 0.500. The topological polar surface area (TPSA) is 94.9 Å². The van der Waals surface area contributed by atoms with E-state index in [1.54, 1.807) is 30.4 Å². The van der Waals surface area contributed by atoms with Gasteiger partial charge in [-0.1, -0.05) is 11.3 Å². The number of thiazole rings is 1. The molecule has 1 aliphatic heterocycles. The van der Waals surface area contributed by atoms with Gasteiger partial charge >= 0.3 is 6.09 Å². The second-order valence-electron chi connectivity index (χ2n) is 6.02. The van der Waals surface area contributed by atoms with Gasteiger partial charge in [-0.15, -0.1) is 0 Å². The molecule has 2 heterocycles. The van der Waals surface area contributed by atoms with Crippen molar-refractivity contribution in [3.63, 3.8) is 0 Å². The van der Waals surface area contributed by atoms with Gasteiger partial charge in [0.15, 0.2) is 5.13 Å². The summed E-state index contributed by atoms with van der Waals surface area (Å²) in [5.74, 6) is 0.258. The van der Waals surface area contributed by atoms with Gasteiger partial charge in [0.2, 0.25) is 0 Å². The number of rotatable bonds is 5. The van der Waals surface area contributed by atoms with Gasteiger partial charge < -0.3 is 25.2 Å². The first-order valence-electron chi connectivity index (χ1n) is 7.97. The van der Waals surface area contributed by atoms with Gasteiger partial charge in [0, 0.05) is 13.1 Å². The molecule has 1 fully saturated rings. The van der Waals surface area contributed by atoms with Crippen molar-refractivity contribution in [3.05, 3.63) is 18.2 Å². The van der Waals surface area contributed by atoms with Crippen LogP contribution >= 0.6 is 11.3 Å². The molecule has 1 aromatic heterocycles. The number of nitrogens with one attached hydrogen (secondary N) is 1. The average Bonchev–Trinajstić information content (AvgIpc) is 2.96. The van der Waals surface area contributed by atoms with Crippen molar-refractivity contribution in [1.82, 2.24) is 10.3 Å². The summed E-state index contributed by atoms with van der Waals surface area (Å²) in [6.07, 6.45) is 0.905. The molecule has 1 aliphatic rings. The largest absolute Gasteiger partial charge is 0.508 e. The third-order valence-electron chi connectivity index (χ3n) is 4.03. The Morgan fingerprint density at radius 2 is 2.25 bits per heavy atom. The summed E-state index contributed by atoms with van der Waals surface area (Å²) in [6.45, 7) is 3.89. The molecule has 7 nitrogen and oxygen atoms in total. The number of nitrogens with zero attached hydrogens (tertiary/aromatic N) is 2. The van der Waals surface area contributed by atoms with Crippen LogP contribution in [0.5, 0.6) is 5.75 Å². The Bertz CT molecular complexity index is 712. The molecule has 3 N–H and O–H groups in total. The number of aromatic nitrogens is 1. The molecule has 1 atom stereocenters. The smallest absolute Gasteiger partial charge is 0.404 e. The first-order valence-corrected chi connectivity index (χ1v) is 8.78. The van der Waals surface area contributed by atoms with E-state index in [1.807, 2.05) is 6.07 Å². The normalized spacial score (nSPS) is 17.1. The molecule has 0 spiro atoms. The van der Waals surface area contributed by atoms with Gasteiger partial charge in [-0.05, 0) is 38.0 Å². The van der Waals surface area contributed by atoms with Crippen LogP contribution in [0.15, 0.2) is 18.2 Å². The molecule has 2 aromatic rings. The number of fused-ring (bicyclic) bond motifs is 1. The zero-order valence-corrected chi connectivity index (χ0v) is 14.3. The quantitative estimate of drug-likeness (QED) is 0.766. The van der Waals surface area contributed by atoms with Crippen molar-refractivity contribution in [2.45, 2.75) is 31.9 Å². The number of carbonyl (C=O) groups is 1. The van der Waals surface area contributed by atoms with Gasteiger partial charge in [-0.25, -0.2) is 9.78 Å². The van der Waals surface area contributed by atoms with E-state index in [-0.39, 0.29) is 17.9 Å². The molecule has 1 amide bonds. The highest BCUT2D eigenvalue weighted by Crippen LogP contribution is 2.32. The Balaban J connectivity index is 1.51. The van der Waals surface area contributed by atoms with E-state index in [0.29, 0.717) is 6.61 Å². The molecule has 130 valence electrons. The third-order valence-corrected chi connectivity index (χ3v) is 5.10. The number of piperidine rings is 1. The predicted octanol–water partition coefficient (Wildman–Crippen LogP) is 2.64. The molecule has 8 heteroatoms. The lowest BCUT2D eigenvalue weighted by molar-refractivity contribution is 0.0264. The molecule has 3 rings (SSSR count). The van der Waals surface area contributed by atoms with Crippen LogP contribution in [-0.2, 0) is 4.74 Å². The Morgan fingerprint density at radius 3 is 2.96 bits per heavy atom. The second kappa shape index (κ2) is 7.23. The fourth-order valence-corrected chi connectivity index (χ4v) is 3.83. The van der Waals surface area contributed by atoms with E-state index >= 15 is 0 Å². The molecule has 0 unspecified atom stereocenters. The highest BCUT2D eigenvalue weighted by Gasteiger charge is 2.22. The number of ether oxygens (including phenoxy) is 1. The van der Waals surface area contributed by atoms with Crippen molar-refractivity contribution >= 4 is 32.8 Å². The summed E-state index contributed by atoms with van der Waals surface area (Å²) < 4.78 is 6.79. The van der Waals surface area contributed by atoms with E-state index in [0.717, 1.165) is 41.3 Å². The maximum atomic E-state index is 10.6. The van der Waals surface area contributed by atoms with Crippen molar-refractivity contribution in [3.8, 4) is 5.75 Å². The number of carboxylic acid groups (broad SMARTS) is 1. The Labute approximate surface area is 143 Å². The molecule has 1 aromatic carbocycles. The highest BCUT2D eigenvalue weighted by molar-refractivity contribution is 7.22. The zero-order valence-electron chi connectivity index (χ0n) is 13.4. The summed E-state index contributed by atoms with van der Waals surface area (Å²) in [5, 5.41) is 21.6. The Morgan fingerprint density at radius 1 is 1.50 bits per heavy atom. The first kappa shape index (κ1) is 16.8. The lowest BCUT2D eigenvalue weighted by Gasteiger charge is -2.32. The van der Waals surface area contributed by atoms with Crippen LogP contribution in [-0.4, -0.2) is 53.1 Å². The predicted molar refractivity (Wildman–Crippen MR) is 93.1 cm³/mol. The summed E-state index contributed by atoms with van der Waals surface area (Å²) in [5.41, 5.74) is 0.903. The van der Waals surface area contributed by atoms with Crippen LogP contribution in [0.3, 0.4) is 0 Å². The molecule has 0 radical (unpaired) electrons. The molecule has 24 heavy (non-hydrogen) atoms. The molecular formula is C16H21N3O4S. The van der Waals surface area contributed by atoms with E-state index in [9.17, 15) is 9.90 Å². The second-order valence-corrected chi connectivity index (χ2v) is 7.03. The van der Waals surface area contributed by atoms with Gasteiger partial charge in [0.05, 0.1) is 29.0 Å². The van der Waals surface area contributed by atoms with Crippen LogP contribution in [0, 0.1) is 0 Å². The van der Waals surface area contributed by atoms with Crippen molar-refractivity contribution in [2.75, 3.05) is 24.6 Å². The van der Waals surface area contributed by atoms with E-state index in [2.05, 4.69) is 15.2 Å². The minimum absolute atomic E-state index is 0.151. The number of phenolic OH excluding ortho intramolecular Hbond substituents is 1. The number of benzene rings is 1. The summed E-state index contributed by atoms with van der Waals surface area (Å²) in [7, 11) is 0. The SMILES string of the molecule is C[C@@H](COC1CCN(c2nc3ccc(O)cc3s2)CC1)NC(=O)O. The number of aromatic hydroxyl groups is 1. The number of hydrogen-bond donors (Lipinski definition) is 3. The summed E-state index contributed by atoms with van der Waals surface area (Å²) >= 11 is 1.58. The zero-order chi connectivity index (χ0) is 17.1. The van der Waals surface area contributed by atoms with Crippen LogP contribution in [0.1, 0.15) is 19.8 Å². The minimum atomic E-state index is -1.03.